The van der Waals surface area contributed by atoms with Crippen molar-refractivity contribution < 1.29 is 17.6 Å². The van der Waals surface area contributed by atoms with Gasteiger partial charge in [-0.05, 0) is 51.2 Å². The van der Waals surface area contributed by atoms with Crippen LogP contribution < -0.4 is 0 Å². The quantitative estimate of drug-likeness (QED) is 0.356. The number of hydrogen-bond acceptors (Lipinski definition) is 7. The van der Waals surface area contributed by atoms with Crippen molar-refractivity contribution in [2.75, 3.05) is 39.0 Å². The third kappa shape index (κ3) is 5.24. The normalized spacial score (nSPS) is 15.7. The van der Waals surface area contributed by atoms with E-state index in [1.807, 2.05) is 39.1 Å². The maximum absolute atomic E-state index is 12.9. The van der Waals surface area contributed by atoms with Gasteiger partial charge in [-0.15, -0.1) is 0 Å². The summed E-state index contributed by atoms with van der Waals surface area (Å²) in [6, 6.07) is 8.90. The van der Waals surface area contributed by atoms with E-state index < -0.39 is 10.0 Å². The van der Waals surface area contributed by atoms with Crippen molar-refractivity contribution in [1.82, 2.24) is 18.8 Å². The Kier molecular flexibility index (Phi) is 7.08. The van der Waals surface area contributed by atoms with Gasteiger partial charge in [-0.25, -0.2) is 13.4 Å². The lowest BCUT2D eigenvalue weighted by atomic mass is 10.2. The van der Waals surface area contributed by atoms with Gasteiger partial charge in [0, 0.05) is 49.3 Å². The largest absolute Gasteiger partial charge is 0.467 e. The van der Waals surface area contributed by atoms with Gasteiger partial charge in [0.2, 0.25) is 10.0 Å². The molecule has 0 radical (unpaired) electrons. The molecule has 0 amide bonds. The number of sulfonamides is 1. The highest BCUT2D eigenvalue weighted by Crippen LogP contribution is 2.24. The van der Waals surface area contributed by atoms with Gasteiger partial charge in [0.25, 0.3) is 0 Å². The predicted molar refractivity (Wildman–Crippen MR) is 127 cm³/mol. The lowest BCUT2D eigenvalue weighted by molar-refractivity contribution is 0.102. The molecule has 1 saturated heterocycles. The number of furan rings is 1. The number of piperazine rings is 1. The summed E-state index contributed by atoms with van der Waals surface area (Å²) in [4.78, 5) is 19.5. The standard InChI is InChI=1S/C23H28N4O4S2/c1-17-13-21(18(2)27(17)15-19-5-4-12-31-19)22(28)16-32-23-7-6-20(14-24-23)33(29,30)26-10-8-25(3)9-11-26/h4-7,12-14H,8-11,15-16H2,1-3H3. The van der Waals surface area contributed by atoms with Crippen molar-refractivity contribution in [2.45, 2.75) is 30.3 Å². The number of nitrogens with zero attached hydrogens (tertiary/aromatic N) is 4. The zero-order valence-electron chi connectivity index (χ0n) is 19.0. The van der Waals surface area contributed by atoms with Gasteiger partial charge >= 0.3 is 0 Å². The lowest BCUT2D eigenvalue weighted by Crippen LogP contribution is -2.47. The third-order valence-corrected chi connectivity index (χ3v) is 8.75. The van der Waals surface area contributed by atoms with E-state index in [9.17, 15) is 13.2 Å². The SMILES string of the molecule is Cc1cc(C(=O)CSc2ccc(S(=O)(=O)N3CCN(C)CC3)cn2)c(C)n1Cc1ccco1. The van der Waals surface area contributed by atoms with E-state index in [-0.39, 0.29) is 16.4 Å². The summed E-state index contributed by atoms with van der Waals surface area (Å²) in [5.74, 6) is 1.07. The van der Waals surface area contributed by atoms with Crippen LogP contribution in [-0.2, 0) is 16.6 Å². The summed E-state index contributed by atoms with van der Waals surface area (Å²) in [5, 5.41) is 0.616. The Morgan fingerprint density at radius 2 is 1.91 bits per heavy atom. The van der Waals surface area contributed by atoms with E-state index in [2.05, 4.69) is 14.5 Å². The Bertz CT molecular complexity index is 1210. The molecule has 0 saturated carbocycles. The Morgan fingerprint density at radius 3 is 2.55 bits per heavy atom. The van der Waals surface area contributed by atoms with E-state index >= 15 is 0 Å². The van der Waals surface area contributed by atoms with Crippen LogP contribution in [0.15, 0.2) is 57.1 Å². The van der Waals surface area contributed by atoms with Crippen LogP contribution in [0.4, 0.5) is 0 Å². The van der Waals surface area contributed by atoms with Gasteiger partial charge in [-0.3, -0.25) is 4.79 Å². The van der Waals surface area contributed by atoms with Crippen LogP contribution in [0.5, 0.6) is 0 Å². The second kappa shape index (κ2) is 9.84. The van der Waals surface area contributed by atoms with Gasteiger partial charge in [-0.1, -0.05) is 11.8 Å². The number of ketones is 1. The number of likely N-dealkylation sites (N-methyl/N-ethyl adjacent to an activating group) is 1. The second-order valence-corrected chi connectivity index (χ2v) is 11.1. The molecule has 3 aromatic heterocycles. The monoisotopic (exact) mass is 488 g/mol. The molecule has 0 atom stereocenters. The number of aromatic nitrogens is 2. The van der Waals surface area contributed by atoms with Crippen molar-refractivity contribution in [3.05, 3.63) is 65.5 Å². The Balaban J connectivity index is 1.39. The first-order valence-electron chi connectivity index (χ1n) is 10.8. The van der Waals surface area contributed by atoms with E-state index in [1.165, 1.54) is 22.3 Å². The van der Waals surface area contributed by atoms with Crippen LogP contribution in [0.2, 0.25) is 0 Å². The van der Waals surface area contributed by atoms with Crippen LogP contribution in [0, 0.1) is 13.8 Å². The Hall–Kier alpha value is -2.40. The smallest absolute Gasteiger partial charge is 0.244 e. The fraction of sp³-hybridized carbons (Fsp3) is 0.391. The summed E-state index contributed by atoms with van der Waals surface area (Å²) in [5.41, 5.74) is 2.57. The number of hydrogen-bond donors (Lipinski definition) is 0. The number of Topliss-reactive ketones (excluding diaryl/α,β-unsaturated/α-hetero) is 1. The molecule has 0 aromatic carbocycles. The average Bonchev–Trinajstić information content (AvgIpc) is 3.42. The van der Waals surface area contributed by atoms with Crippen LogP contribution in [0.25, 0.3) is 0 Å². The van der Waals surface area contributed by atoms with E-state index in [1.54, 1.807) is 18.4 Å². The molecule has 0 unspecified atom stereocenters. The predicted octanol–water partition coefficient (Wildman–Crippen LogP) is 3.05. The Morgan fingerprint density at radius 1 is 1.15 bits per heavy atom. The van der Waals surface area contributed by atoms with Gasteiger partial charge in [0.05, 0.1) is 23.6 Å². The molecule has 176 valence electrons. The summed E-state index contributed by atoms with van der Waals surface area (Å²) in [6.07, 6.45) is 3.02. The minimum Gasteiger partial charge on any atom is -0.467 e. The fourth-order valence-corrected chi connectivity index (χ4v) is 5.98. The minimum absolute atomic E-state index is 0.00901. The number of thioether (sulfide) groups is 1. The Labute approximate surface area is 198 Å². The molecule has 1 aliphatic rings. The van der Waals surface area contributed by atoms with Gasteiger partial charge in [0.1, 0.15) is 10.7 Å². The lowest BCUT2D eigenvalue weighted by Gasteiger charge is -2.31. The molecular formula is C23H28N4O4S2. The van der Waals surface area contributed by atoms with Crippen molar-refractivity contribution in [3.8, 4) is 0 Å². The van der Waals surface area contributed by atoms with E-state index in [0.717, 1.165) is 17.1 Å². The molecule has 3 aromatic rings. The summed E-state index contributed by atoms with van der Waals surface area (Å²) < 4.78 is 34.7. The number of aryl methyl sites for hydroxylation is 1. The van der Waals surface area contributed by atoms with Crippen LogP contribution in [-0.4, -0.2) is 71.9 Å². The molecule has 8 nitrogen and oxygen atoms in total. The van der Waals surface area contributed by atoms with Crippen molar-refractivity contribution in [3.63, 3.8) is 0 Å². The number of pyridine rings is 1. The van der Waals surface area contributed by atoms with E-state index in [0.29, 0.717) is 43.3 Å². The van der Waals surface area contributed by atoms with Crippen molar-refractivity contribution >= 4 is 27.6 Å². The summed E-state index contributed by atoms with van der Waals surface area (Å²) in [6.45, 7) is 6.86. The first-order valence-corrected chi connectivity index (χ1v) is 13.2. The zero-order chi connectivity index (χ0) is 23.6. The molecule has 4 rings (SSSR count). The van der Waals surface area contributed by atoms with Crippen LogP contribution in [0.1, 0.15) is 27.5 Å². The topological polar surface area (TPSA) is 88.7 Å². The molecule has 1 aliphatic heterocycles. The molecule has 0 aliphatic carbocycles. The number of rotatable bonds is 8. The molecule has 0 spiro atoms. The average molecular weight is 489 g/mol. The maximum Gasteiger partial charge on any atom is 0.244 e. The molecule has 0 N–H and O–H groups in total. The maximum atomic E-state index is 12.9. The first kappa shape index (κ1) is 23.7. The molecular weight excluding hydrogens is 460 g/mol. The highest BCUT2D eigenvalue weighted by atomic mass is 32.2. The highest BCUT2D eigenvalue weighted by Gasteiger charge is 2.27. The number of carbonyl (C=O) groups is 1. The first-order chi connectivity index (χ1) is 15.8. The number of carbonyl (C=O) groups excluding carboxylic acids is 1. The summed E-state index contributed by atoms with van der Waals surface area (Å²) >= 11 is 1.30. The van der Waals surface area contributed by atoms with Crippen molar-refractivity contribution in [2.24, 2.45) is 0 Å². The highest BCUT2D eigenvalue weighted by molar-refractivity contribution is 7.99. The third-order valence-electron chi connectivity index (χ3n) is 5.93. The summed E-state index contributed by atoms with van der Waals surface area (Å²) in [7, 11) is -1.57. The molecule has 10 heteroatoms. The second-order valence-electron chi connectivity index (χ2n) is 8.20. The van der Waals surface area contributed by atoms with Gasteiger partial charge in [0.15, 0.2) is 5.78 Å². The molecule has 1 fully saturated rings. The van der Waals surface area contributed by atoms with Gasteiger partial charge < -0.3 is 13.9 Å². The molecule has 0 bridgehead atoms. The van der Waals surface area contributed by atoms with E-state index in [4.69, 9.17) is 4.42 Å². The van der Waals surface area contributed by atoms with Crippen LogP contribution >= 0.6 is 11.8 Å². The van der Waals surface area contributed by atoms with Crippen LogP contribution in [0.3, 0.4) is 0 Å². The van der Waals surface area contributed by atoms with Crippen molar-refractivity contribution in [1.29, 1.82) is 0 Å². The minimum atomic E-state index is -3.55. The van der Waals surface area contributed by atoms with Gasteiger partial charge in [-0.2, -0.15) is 4.31 Å². The fourth-order valence-electron chi connectivity index (χ4n) is 3.88. The molecule has 33 heavy (non-hydrogen) atoms. The molecule has 4 heterocycles. The zero-order valence-corrected chi connectivity index (χ0v) is 20.7.